The lowest BCUT2D eigenvalue weighted by molar-refractivity contribution is 1.50. The number of rotatable bonds is 2. The maximum absolute atomic E-state index is 3.70. The van der Waals surface area contributed by atoms with Crippen molar-refractivity contribution in [1.82, 2.24) is 0 Å². The Morgan fingerprint density at radius 1 is 1.44 bits per heavy atom. The maximum atomic E-state index is 3.70. The zero-order valence-electron chi connectivity index (χ0n) is 6.77. The van der Waals surface area contributed by atoms with Crippen molar-refractivity contribution >= 4 is 11.8 Å². The van der Waals surface area contributed by atoms with Crippen molar-refractivity contribution in [3.8, 4) is 0 Å². The molecule has 0 radical (unpaired) electrons. The van der Waals surface area contributed by atoms with Gasteiger partial charge in [-0.25, -0.2) is 0 Å². The lowest BCUT2D eigenvalue weighted by Gasteiger charge is -1.84. The Hall–Kier alpha value is -0.170. The van der Waals surface area contributed by atoms with Crippen LogP contribution in [0.4, 0.5) is 0 Å². The third-order valence-corrected chi connectivity index (χ3v) is 1.22. The van der Waals surface area contributed by atoms with Gasteiger partial charge in [0, 0.05) is 0 Å². The molecule has 0 aromatic carbocycles. The lowest BCUT2D eigenvalue weighted by Crippen LogP contribution is -1.51. The Balaban J connectivity index is 0. The van der Waals surface area contributed by atoms with Crippen molar-refractivity contribution in [3.05, 3.63) is 23.0 Å². The molecule has 0 aromatic rings. The fourth-order valence-electron chi connectivity index (χ4n) is 0.184. The normalized spacial score (nSPS) is 8.44. The summed E-state index contributed by atoms with van der Waals surface area (Å²) < 4.78 is 0. The van der Waals surface area contributed by atoms with E-state index in [0.29, 0.717) is 0 Å². The van der Waals surface area contributed by atoms with Gasteiger partial charge >= 0.3 is 0 Å². The van der Waals surface area contributed by atoms with Gasteiger partial charge in [0.05, 0.1) is 0 Å². The summed E-state index contributed by atoms with van der Waals surface area (Å²) in [5, 5.41) is 2.02. The number of hydrogen-bond acceptors (Lipinski definition) is 1. The quantitative estimate of drug-likeness (QED) is 0.568. The fourth-order valence-corrected chi connectivity index (χ4v) is 0.553. The third kappa shape index (κ3) is 18.1. The van der Waals surface area contributed by atoms with Crippen LogP contribution in [0.3, 0.4) is 0 Å². The molecule has 1 heteroatoms. The molecule has 0 saturated carbocycles. The first kappa shape index (κ1) is 11.6. The van der Waals surface area contributed by atoms with Gasteiger partial charge in [-0.15, -0.1) is 11.8 Å². The van der Waals surface area contributed by atoms with E-state index in [2.05, 4.69) is 6.58 Å². The van der Waals surface area contributed by atoms with Crippen LogP contribution in [-0.4, -0.2) is 0 Å². The highest BCUT2D eigenvalue weighted by molar-refractivity contribution is 8.05. The Morgan fingerprint density at radius 2 is 1.89 bits per heavy atom. The second-order valence-electron chi connectivity index (χ2n) is 1.29. The smallest absolute Gasteiger partial charge is 0.0211 e. The Bertz CT molecular complexity index is 82.6. The summed E-state index contributed by atoms with van der Waals surface area (Å²) in [6.07, 6.45) is 2.00. The van der Waals surface area contributed by atoms with Crippen LogP contribution in [0.25, 0.3) is 0 Å². The second kappa shape index (κ2) is 10.7. The Kier molecular flexibility index (Phi) is 13.9. The van der Waals surface area contributed by atoms with Gasteiger partial charge in [0.15, 0.2) is 0 Å². The average Bonchev–Trinajstić information content (AvgIpc) is 1.88. The van der Waals surface area contributed by atoms with Gasteiger partial charge in [-0.05, 0) is 24.2 Å². The summed E-state index contributed by atoms with van der Waals surface area (Å²) in [5.74, 6) is 0. The van der Waals surface area contributed by atoms with Crippen LogP contribution in [0.15, 0.2) is 23.0 Å². The summed E-state index contributed by atoms with van der Waals surface area (Å²) in [4.78, 5) is 1.14. The molecule has 0 saturated heterocycles. The first-order valence-electron chi connectivity index (χ1n) is 3.20. The zero-order chi connectivity index (χ0) is 7.70. The van der Waals surface area contributed by atoms with Crippen molar-refractivity contribution < 1.29 is 0 Å². The summed E-state index contributed by atoms with van der Waals surface area (Å²) >= 11 is 1.66. The molecule has 0 N–H and O–H groups in total. The maximum Gasteiger partial charge on any atom is -0.0211 e. The molecule has 0 aliphatic carbocycles. The van der Waals surface area contributed by atoms with Crippen molar-refractivity contribution in [2.75, 3.05) is 0 Å². The van der Waals surface area contributed by atoms with Crippen LogP contribution in [0.1, 0.15) is 27.7 Å². The van der Waals surface area contributed by atoms with Crippen LogP contribution >= 0.6 is 11.8 Å². The van der Waals surface area contributed by atoms with Gasteiger partial charge in [-0.1, -0.05) is 26.5 Å². The van der Waals surface area contributed by atoms with Gasteiger partial charge in [0.1, 0.15) is 0 Å². The van der Waals surface area contributed by atoms with E-state index in [4.69, 9.17) is 0 Å². The predicted molar refractivity (Wildman–Crippen MR) is 48.6 cm³/mol. The van der Waals surface area contributed by atoms with Crippen molar-refractivity contribution in [3.63, 3.8) is 0 Å². The van der Waals surface area contributed by atoms with Crippen LogP contribution in [-0.2, 0) is 0 Å². The van der Waals surface area contributed by atoms with Crippen LogP contribution in [0.2, 0.25) is 0 Å². The van der Waals surface area contributed by atoms with E-state index in [1.807, 2.05) is 39.2 Å². The molecule has 9 heavy (non-hydrogen) atoms. The van der Waals surface area contributed by atoms with Crippen molar-refractivity contribution in [2.45, 2.75) is 27.7 Å². The van der Waals surface area contributed by atoms with Crippen molar-refractivity contribution in [2.24, 2.45) is 0 Å². The molecule has 0 aliphatic rings. The zero-order valence-corrected chi connectivity index (χ0v) is 7.59. The van der Waals surface area contributed by atoms with Crippen LogP contribution < -0.4 is 0 Å². The third-order valence-electron chi connectivity index (χ3n) is 0.405. The van der Waals surface area contributed by atoms with E-state index in [0.717, 1.165) is 4.91 Å². The fraction of sp³-hybridized carbons (Fsp3) is 0.500. The molecular weight excluding hydrogens is 128 g/mol. The standard InChI is InChI=1S/C6H10S.C2H6/c1-4-5-7-6(2)3;1-2/h4-5H,2H2,1,3H3;1-2H3/b5-4+;. The van der Waals surface area contributed by atoms with Crippen LogP contribution in [0.5, 0.6) is 0 Å². The minimum Gasteiger partial charge on any atom is -0.104 e. The number of allylic oxidation sites excluding steroid dienone is 2. The molecule has 0 spiro atoms. The molecule has 54 valence electrons. The molecule has 0 fully saturated rings. The second-order valence-corrected chi connectivity index (χ2v) is 2.49. The van der Waals surface area contributed by atoms with E-state index >= 15 is 0 Å². The molecule has 0 heterocycles. The highest BCUT2D eigenvalue weighted by Gasteiger charge is 1.73. The molecule has 0 amide bonds. The summed E-state index contributed by atoms with van der Waals surface area (Å²) in [6.45, 7) is 11.7. The summed E-state index contributed by atoms with van der Waals surface area (Å²) in [6, 6.07) is 0. The average molecular weight is 144 g/mol. The van der Waals surface area contributed by atoms with Gasteiger partial charge in [0.25, 0.3) is 0 Å². The first-order valence-corrected chi connectivity index (χ1v) is 4.08. The van der Waals surface area contributed by atoms with Gasteiger partial charge in [-0.3, -0.25) is 0 Å². The van der Waals surface area contributed by atoms with Gasteiger partial charge in [0.2, 0.25) is 0 Å². The van der Waals surface area contributed by atoms with Crippen molar-refractivity contribution in [1.29, 1.82) is 0 Å². The van der Waals surface area contributed by atoms with Gasteiger partial charge < -0.3 is 0 Å². The Morgan fingerprint density at radius 3 is 2.00 bits per heavy atom. The van der Waals surface area contributed by atoms with Crippen LogP contribution in [0, 0.1) is 0 Å². The first-order chi connectivity index (χ1) is 4.27. The molecule has 0 aliphatic heterocycles. The highest BCUT2D eigenvalue weighted by Crippen LogP contribution is 2.11. The monoisotopic (exact) mass is 144 g/mol. The lowest BCUT2D eigenvalue weighted by atomic mass is 10.8. The number of hydrogen-bond donors (Lipinski definition) is 0. The molecule has 0 aromatic heterocycles. The molecule has 0 bridgehead atoms. The van der Waals surface area contributed by atoms with E-state index in [9.17, 15) is 0 Å². The summed E-state index contributed by atoms with van der Waals surface area (Å²) in [7, 11) is 0. The SMILES string of the molecule is C=C(C)S/C=C/C.CC. The van der Waals surface area contributed by atoms with E-state index in [-0.39, 0.29) is 0 Å². The van der Waals surface area contributed by atoms with E-state index < -0.39 is 0 Å². The minimum absolute atomic E-state index is 1.14. The minimum atomic E-state index is 1.14. The topological polar surface area (TPSA) is 0 Å². The summed E-state index contributed by atoms with van der Waals surface area (Å²) in [5.41, 5.74) is 0. The van der Waals surface area contributed by atoms with E-state index in [1.54, 1.807) is 11.8 Å². The number of thioether (sulfide) groups is 1. The molecular formula is C8H16S. The predicted octanol–water partition coefficient (Wildman–Crippen LogP) is 3.81. The van der Waals surface area contributed by atoms with Gasteiger partial charge in [-0.2, -0.15) is 0 Å². The largest absolute Gasteiger partial charge is 0.104 e. The highest BCUT2D eigenvalue weighted by atomic mass is 32.2. The molecule has 0 nitrogen and oxygen atoms in total. The van der Waals surface area contributed by atoms with E-state index in [1.165, 1.54) is 0 Å². The Labute approximate surface area is 63.0 Å². The molecule has 0 unspecified atom stereocenters. The molecule has 0 atom stereocenters. The molecule has 0 rings (SSSR count).